The zero-order valence-electron chi connectivity index (χ0n) is 19.6. The van der Waals surface area contributed by atoms with Crippen LogP contribution < -0.4 is 0 Å². The van der Waals surface area contributed by atoms with Gasteiger partial charge in [-0.1, -0.05) is 56.6 Å². The molecule has 3 aromatic rings. The summed E-state index contributed by atoms with van der Waals surface area (Å²) < 4.78 is 6.61. The molecule has 0 aliphatic carbocycles. The predicted octanol–water partition coefficient (Wildman–Crippen LogP) is 6.82. The van der Waals surface area contributed by atoms with E-state index in [-0.39, 0.29) is 30.3 Å². The molecule has 1 aliphatic rings. The minimum Gasteiger partial charge on any atom is -0.465 e. The molecule has 8 heteroatoms. The second-order valence-electron chi connectivity index (χ2n) is 9.92. The standard InChI is InChI=1S/C26H29ClN2O4S/c1-26(2,3)14-21(30)23(29(25(31)32)15-18-5-4-12-33-18)17-8-6-16(7-9-17)22-13-20-24(34-22)19(27)10-11-28-20/h6-11,13,18,23H,4-5,12,14-15H2,1-3H3,(H,31,32). The van der Waals surface area contributed by atoms with Gasteiger partial charge < -0.3 is 9.84 Å². The van der Waals surface area contributed by atoms with Crippen LogP contribution in [0.5, 0.6) is 0 Å². The third kappa shape index (κ3) is 5.59. The Balaban J connectivity index is 1.67. The maximum Gasteiger partial charge on any atom is 0.408 e. The molecule has 180 valence electrons. The van der Waals surface area contributed by atoms with Gasteiger partial charge in [-0.05, 0) is 41.5 Å². The average molecular weight is 501 g/mol. The van der Waals surface area contributed by atoms with Crippen molar-refractivity contribution in [2.45, 2.75) is 52.2 Å². The van der Waals surface area contributed by atoms with E-state index in [1.165, 1.54) is 4.90 Å². The Morgan fingerprint density at radius 2 is 2.00 bits per heavy atom. The molecule has 6 nitrogen and oxygen atoms in total. The number of fused-ring (bicyclic) bond motifs is 1. The van der Waals surface area contributed by atoms with E-state index in [1.54, 1.807) is 23.6 Å². The van der Waals surface area contributed by atoms with E-state index in [0.717, 1.165) is 33.5 Å². The highest BCUT2D eigenvalue weighted by molar-refractivity contribution is 7.22. The number of ketones is 1. The van der Waals surface area contributed by atoms with Crippen LogP contribution in [0.15, 0.2) is 42.6 Å². The van der Waals surface area contributed by atoms with Gasteiger partial charge in [0.25, 0.3) is 0 Å². The minimum absolute atomic E-state index is 0.113. The van der Waals surface area contributed by atoms with Crippen molar-refractivity contribution in [1.82, 2.24) is 9.88 Å². The number of carboxylic acid groups (broad SMARTS) is 1. The Morgan fingerprint density at radius 3 is 2.59 bits per heavy atom. The first-order chi connectivity index (χ1) is 16.1. The van der Waals surface area contributed by atoms with Gasteiger partial charge in [0.05, 0.1) is 27.9 Å². The molecule has 1 amide bonds. The molecule has 3 heterocycles. The first-order valence-corrected chi connectivity index (χ1v) is 12.6. The van der Waals surface area contributed by atoms with Gasteiger partial charge >= 0.3 is 6.09 Å². The van der Waals surface area contributed by atoms with E-state index in [0.29, 0.717) is 17.2 Å². The number of amides is 1. The third-order valence-electron chi connectivity index (χ3n) is 5.87. The topological polar surface area (TPSA) is 79.7 Å². The van der Waals surface area contributed by atoms with Gasteiger partial charge in [0.15, 0.2) is 5.78 Å². The number of ether oxygens (including phenoxy) is 1. The summed E-state index contributed by atoms with van der Waals surface area (Å²) in [4.78, 5) is 32.4. The summed E-state index contributed by atoms with van der Waals surface area (Å²) in [6, 6.07) is 10.4. The van der Waals surface area contributed by atoms with Crippen LogP contribution in [0.25, 0.3) is 20.7 Å². The molecular weight excluding hydrogens is 472 g/mol. The predicted molar refractivity (Wildman–Crippen MR) is 136 cm³/mol. The van der Waals surface area contributed by atoms with E-state index >= 15 is 0 Å². The minimum atomic E-state index is -1.11. The van der Waals surface area contributed by atoms with Crippen molar-refractivity contribution < 1.29 is 19.4 Å². The average Bonchev–Trinajstić information content (AvgIpc) is 3.43. The number of nitrogens with zero attached hydrogens (tertiary/aromatic N) is 2. The van der Waals surface area contributed by atoms with Gasteiger partial charge in [-0.2, -0.15) is 0 Å². The fourth-order valence-electron chi connectivity index (χ4n) is 4.34. The van der Waals surface area contributed by atoms with E-state index < -0.39 is 12.1 Å². The highest BCUT2D eigenvalue weighted by Gasteiger charge is 2.35. The molecular formula is C26H29ClN2O4S. The Morgan fingerprint density at radius 1 is 1.26 bits per heavy atom. The summed E-state index contributed by atoms with van der Waals surface area (Å²) in [5.41, 5.74) is 2.21. The molecule has 2 unspecified atom stereocenters. The SMILES string of the molecule is CC(C)(C)CC(=O)C(c1ccc(-c2cc3nccc(Cl)c3s2)cc1)N(CC1CCCO1)C(=O)O. The maximum absolute atomic E-state index is 13.4. The number of aromatic nitrogens is 1. The Kier molecular flexibility index (Phi) is 7.26. The number of hydrogen-bond acceptors (Lipinski definition) is 5. The van der Waals surface area contributed by atoms with Crippen LogP contribution in [0.3, 0.4) is 0 Å². The van der Waals surface area contributed by atoms with Crippen molar-refractivity contribution in [3.8, 4) is 10.4 Å². The summed E-state index contributed by atoms with van der Waals surface area (Å²) in [5, 5.41) is 10.7. The van der Waals surface area contributed by atoms with Crippen molar-refractivity contribution in [1.29, 1.82) is 0 Å². The molecule has 1 saturated heterocycles. The maximum atomic E-state index is 13.4. The lowest BCUT2D eigenvalue weighted by molar-refractivity contribution is -0.126. The summed E-state index contributed by atoms with van der Waals surface area (Å²) in [6.45, 7) is 6.75. The molecule has 34 heavy (non-hydrogen) atoms. The molecule has 2 aromatic heterocycles. The van der Waals surface area contributed by atoms with Crippen LogP contribution in [0.2, 0.25) is 5.02 Å². The van der Waals surface area contributed by atoms with Crippen LogP contribution in [0.4, 0.5) is 4.79 Å². The van der Waals surface area contributed by atoms with E-state index in [1.807, 2.05) is 51.1 Å². The first-order valence-electron chi connectivity index (χ1n) is 11.4. The smallest absolute Gasteiger partial charge is 0.408 e. The molecule has 0 spiro atoms. The number of halogens is 1. The molecule has 1 fully saturated rings. The fourth-order valence-corrected chi connectivity index (χ4v) is 5.63. The Hall–Kier alpha value is -2.48. The summed E-state index contributed by atoms with van der Waals surface area (Å²) in [7, 11) is 0. The van der Waals surface area contributed by atoms with Crippen molar-refractivity contribution in [3.63, 3.8) is 0 Å². The monoisotopic (exact) mass is 500 g/mol. The number of carbonyl (C=O) groups excluding carboxylic acids is 1. The van der Waals surface area contributed by atoms with E-state index in [9.17, 15) is 14.7 Å². The quantitative estimate of drug-likeness (QED) is 0.385. The molecule has 4 rings (SSSR count). The first kappa shape index (κ1) is 24.6. The van der Waals surface area contributed by atoms with Crippen LogP contribution in [0.1, 0.15) is 51.6 Å². The van der Waals surface area contributed by atoms with Crippen LogP contribution in [-0.4, -0.2) is 46.1 Å². The lowest BCUT2D eigenvalue weighted by atomic mass is 9.85. The van der Waals surface area contributed by atoms with Crippen molar-refractivity contribution in [2.75, 3.05) is 13.2 Å². The zero-order chi connectivity index (χ0) is 24.5. The largest absolute Gasteiger partial charge is 0.465 e. The zero-order valence-corrected chi connectivity index (χ0v) is 21.2. The highest BCUT2D eigenvalue weighted by Crippen LogP contribution is 2.37. The number of carbonyl (C=O) groups is 2. The molecule has 0 radical (unpaired) electrons. The molecule has 1 aliphatic heterocycles. The lowest BCUT2D eigenvalue weighted by Crippen LogP contribution is -2.43. The third-order valence-corrected chi connectivity index (χ3v) is 7.50. The van der Waals surface area contributed by atoms with Crippen LogP contribution in [-0.2, 0) is 9.53 Å². The molecule has 1 aromatic carbocycles. The van der Waals surface area contributed by atoms with Crippen molar-refractivity contribution in [2.24, 2.45) is 5.41 Å². The van der Waals surface area contributed by atoms with E-state index in [4.69, 9.17) is 16.3 Å². The van der Waals surface area contributed by atoms with Crippen molar-refractivity contribution in [3.05, 3.63) is 53.2 Å². The molecule has 1 N–H and O–H groups in total. The van der Waals surface area contributed by atoms with Gasteiger partial charge in [-0.3, -0.25) is 14.7 Å². The summed E-state index contributed by atoms with van der Waals surface area (Å²) in [5.74, 6) is -0.113. The second kappa shape index (κ2) is 10.0. The normalized spacial score (nSPS) is 17.1. The number of benzene rings is 1. The second-order valence-corrected chi connectivity index (χ2v) is 11.4. The number of thiophene rings is 1. The number of pyridine rings is 1. The fraction of sp³-hybridized carbons (Fsp3) is 0.423. The summed E-state index contributed by atoms with van der Waals surface area (Å²) >= 11 is 7.86. The molecule has 2 atom stereocenters. The van der Waals surface area contributed by atoms with Crippen molar-refractivity contribution >= 4 is 45.0 Å². The Labute approximate surface area is 208 Å². The van der Waals surface area contributed by atoms with E-state index in [2.05, 4.69) is 4.98 Å². The molecule has 0 saturated carbocycles. The molecule has 0 bridgehead atoms. The van der Waals surface area contributed by atoms with Gasteiger partial charge in [0, 0.05) is 24.1 Å². The van der Waals surface area contributed by atoms with Crippen LogP contribution >= 0.6 is 22.9 Å². The Bertz CT molecular complexity index is 1180. The lowest BCUT2D eigenvalue weighted by Gasteiger charge is -2.32. The van der Waals surface area contributed by atoms with Crippen LogP contribution in [0, 0.1) is 5.41 Å². The number of Topliss-reactive ketones (excluding diaryl/α,β-unsaturated/α-hetero) is 1. The van der Waals surface area contributed by atoms with Gasteiger partial charge in [-0.25, -0.2) is 4.79 Å². The van der Waals surface area contributed by atoms with Gasteiger partial charge in [0.1, 0.15) is 6.04 Å². The number of hydrogen-bond donors (Lipinski definition) is 1. The number of rotatable bonds is 7. The highest BCUT2D eigenvalue weighted by atomic mass is 35.5. The van der Waals surface area contributed by atoms with Gasteiger partial charge in [0.2, 0.25) is 0 Å². The summed E-state index contributed by atoms with van der Waals surface area (Å²) in [6.07, 6.45) is 2.36. The van der Waals surface area contributed by atoms with Gasteiger partial charge in [-0.15, -0.1) is 11.3 Å².